The summed E-state index contributed by atoms with van der Waals surface area (Å²) in [6, 6.07) is 15.0. The standard InChI is InChI=1S/C20H14N8OS/c1-12-18(30-27-23-12)20(29)22-15-4-2-13(3-5-15)16-6-7-17-24-25-19(28(17)26-16)14-8-10-21-11-9-14/h2-11H,1H3,(H,22,29). The van der Waals surface area contributed by atoms with Gasteiger partial charge in [0.15, 0.2) is 11.5 Å². The summed E-state index contributed by atoms with van der Waals surface area (Å²) in [5.74, 6) is 0.424. The van der Waals surface area contributed by atoms with E-state index in [4.69, 9.17) is 5.10 Å². The van der Waals surface area contributed by atoms with Crippen molar-refractivity contribution in [2.75, 3.05) is 5.32 Å². The van der Waals surface area contributed by atoms with Gasteiger partial charge in [-0.25, -0.2) is 0 Å². The van der Waals surface area contributed by atoms with Crippen LogP contribution in [0.2, 0.25) is 0 Å². The summed E-state index contributed by atoms with van der Waals surface area (Å²) in [5, 5.41) is 19.8. The summed E-state index contributed by atoms with van der Waals surface area (Å²) >= 11 is 1.08. The maximum atomic E-state index is 12.3. The molecule has 0 unspecified atom stereocenters. The van der Waals surface area contributed by atoms with Crippen LogP contribution in [0.4, 0.5) is 5.69 Å². The number of rotatable bonds is 4. The first-order valence-corrected chi connectivity index (χ1v) is 9.80. The van der Waals surface area contributed by atoms with Gasteiger partial charge in [0.2, 0.25) is 0 Å². The molecule has 0 saturated carbocycles. The molecule has 1 N–H and O–H groups in total. The largest absolute Gasteiger partial charge is 0.321 e. The first-order chi connectivity index (χ1) is 14.7. The number of hydrogen-bond acceptors (Lipinski definition) is 8. The number of carbonyl (C=O) groups excluding carboxylic acids is 1. The maximum Gasteiger partial charge on any atom is 0.269 e. The molecule has 0 radical (unpaired) electrons. The van der Waals surface area contributed by atoms with Crippen LogP contribution in [0.25, 0.3) is 28.3 Å². The van der Waals surface area contributed by atoms with E-state index >= 15 is 0 Å². The minimum atomic E-state index is -0.221. The predicted molar refractivity (Wildman–Crippen MR) is 112 cm³/mol. The number of benzene rings is 1. The number of hydrogen-bond donors (Lipinski definition) is 1. The molecular weight excluding hydrogens is 400 g/mol. The molecule has 0 aliphatic heterocycles. The first kappa shape index (κ1) is 18.0. The van der Waals surface area contributed by atoms with Gasteiger partial charge in [0.1, 0.15) is 4.88 Å². The average molecular weight is 414 g/mol. The number of aryl methyl sites for hydroxylation is 1. The van der Waals surface area contributed by atoms with Crippen LogP contribution in [0.15, 0.2) is 60.9 Å². The number of pyridine rings is 1. The van der Waals surface area contributed by atoms with Gasteiger partial charge in [0, 0.05) is 29.2 Å². The van der Waals surface area contributed by atoms with Crippen LogP contribution in [0.5, 0.6) is 0 Å². The number of amides is 1. The third kappa shape index (κ3) is 3.29. The monoisotopic (exact) mass is 414 g/mol. The van der Waals surface area contributed by atoms with Gasteiger partial charge >= 0.3 is 0 Å². The van der Waals surface area contributed by atoms with Gasteiger partial charge in [0.25, 0.3) is 5.91 Å². The van der Waals surface area contributed by atoms with Gasteiger partial charge in [-0.3, -0.25) is 9.78 Å². The van der Waals surface area contributed by atoms with Crippen LogP contribution < -0.4 is 5.32 Å². The topological polar surface area (TPSA) is 111 Å². The van der Waals surface area contributed by atoms with E-state index in [1.165, 1.54) is 0 Å². The lowest BCUT2D eigenvalue weighted by molar-refractivity contribution is 0.103. The molecule has 10 heteroatoms. The Kier molecular flexibility index (Phi) is 4.45. The SMILES string of the molecule is Cc1nnsc1C(=O)Nc1ccc(-c2ccc3nnc(-c4ccncc4)n3n2)cc1. The van der Waals surface area contributed by atoms with Crippen molar-refractivity contribution in [2.24, 2.45) is 0 Å². The second kappa shape index (κ2) is 7.41. The number of nitrogens with one attached hydrogen (secondary N) is 1. The van der Waals surface area contributed by atoms with Crippen LogP contribution in [-0.2, 0) is 0 Å². The van der Waals surface area contributed by atoms with E-state index in [9.17, 15) is 4.79 Å². The normalized spacial score (nSPS) is 11.0. The highest BCUT2D eigenvalue weighted by Crippen LogP contribution is 2.23. The second-order valence-electron chi connectivity index (χ2n) is 6.47. The van der Waals surface area contributed by atoms with E-state index in [1.54, 1.807) is 23.8 Å². The number of carbonyl (C=O) groups is 1. The molecule has 9 nitrogen and oxygen atoms in total. The summed E-state index contributed by atoms with van der Waals surface area (Å²) in [7, 11) is 0. The molecule has 1 aromatic carbocycles. The Labute approximate surface area is 174 Å². The molecule has 0 fully saturated rings. The molecule has 0 aliphatic carbocycles. The maximum absolute atomic E-state index is 12.3. The molecule has 5 aromatic rings. The van der Waals surface area contributed by atoms with Gasteiger partial charge in [0.05, 0.1) is 11.4 Å². The number of nitrogens with zero attached hydrogens (tertiary/aromatic N) is 7. The zero-order chi connectivity index (χ0) is 20.5. The lowest BCUT2D eigenvalue weighted by Gasteiger charge is -2.06. The minimum absolute atomic E-state index is 0.221. The Morgan fingerprint density at radius 3 is 2.47 bits per heavy atom. The van der Waals surface area contributed by atoms with Crippen molar-refractivity contribution < 1.29 is 4.79 Å². The number of aromatic nitrogens is 7. The fourth-order valence-corrected chi connectivity index (χ4v) is 3.53. The van der Waals surface area contributed by atoms with Gasteiger partial charge in [-0.05, 0) is 54.9 Å². The Morgan fingerprint density at radius 1 is 0.933 bits per heavy atom. The Hall–Kier alpha value is -4.05. The van der Waals surface area contributed by atoms with E-state index < -0.39 is 0 Å². The van der Waals surface area contributed by atoms with E-state index in [2.05, 4.69) is 30.1 Å². The smallest absolute Gasteiger partial charge is 0.269 e. The minimum Gasteiger partial charge on any atom is -0.321 e. The lowest BCUT2D eigenvalue weighted by Crippen LogP contribution is -2.11. The second-order valence-corrected chi connectivity index (χ2v) is 7.22. The molecule has 4 aromatic heterocycles. The van der Waals surface area contributed by atoms with Crippen molar-refractivity contribution in [2.45, 2.75) is 6.92 Å². The fraction of sp³-hybridized carbons (Fsp3) is 0.0500. The highest BCUT2D eigenvalue weighted by molar-refractivity contribution is 7.08. The zero-order valence-corrected chi connectivity index (χ0v) is 16.5. The highest BCUT2D eigenvalue weighted by Gasteiger charge is 2.14. The van der Waals surface area contributed by atoms with Gasteiger partial charge in [-0.2, -0.15) is 9.61 Å². The third-order valence-corrected chi connectivity index (χ3v) is 5.32. The fourth-order valence-electron chi connectivity index (χ4n) is 2.98. The molecule has 1 amide bonds. The molecule has 146 valence electrons. The van der Waals surface area contributed by atoms with Crippen molar-refractivity contribution in [3.8, 4) is 22.6 Å². The summed E-state index contributed by atoms with van der Waals surface area (Å²) in [4.78, 5) is 16.9. The summed E-state index contributed by atoms with van der Waals surface area (Å²) in [5.41, 5.74) is 4.50. The molecule has 30 heavy (non-hydrogen) atoms. The first-order valence-electron chi connectivity index (χ1n) is 9.02. The number of anilines is 1. The summed E-state index contributed by atoms with van der Waals surface area (Å²) in [6.07, 6.45) is 3.41. The Morgan fingerprint density at radius 2 is 1.73 bits per heavy atom. The molecule has 0 atom stereocenters. The molecule has 0 bridgehead atoms. The van der Waals surface area contributed by atoms with Gasteiger partial charge in [-0.15, -0.1) is 15.3 Å². The van der Waals surface area contributed by atoms with Crippen molar-refractivity contribution in [3.63, 3.8) is 0 Å². The van der Waals surface area contributed by atoms with Crippen LogP contribution in [0.1, 0.15) is 15.4 Å². The predicted octanol–water partition coefficient (Wildman–Crippen LogP) is 3.27. The molecule has 5 rings (SSSR count). The van der Waals surface area contributed by atoms with Crippen LogP contribution in [0.3, 0.4) is 0 Å². The van der Waals surface area contributed by atoms with Crippen molar-refractivity contribution >= 4 is 28.8 Å². The Bertz CT molecular complexity index is 1340. The lowest BCUT2D eigenvalue weighted by atomic mass is 10.1. The third-order valence-electron chi connectivity index (χ3n) is 4.50. The summed E-state index contributed by atoms with van der Waals surface area (Å²) < 4.78 is 5.50. The van der Waals surface area contributed by atoms with E-state index in [-0.39, 0.29) is 5.91 Å². The van der Waals surface area contributed by atoms with Crippen LogP contribution in [0, 0.1) is 6.92 Å². The van der Waals surface area contributed by atoms with Crippen LogP contribution in [-0.4, -0.2) is 40.3 Å². The highest BCUT2D eigenvalue weighted by atomic mass is 32.1. The molecule has 0 aliphatic rings. The van der Waals surface area contributed by atoms with E-state index in [0.717, 1.165) is 28.4 Å². The van der Waals surface area contributed by atoms with Crippen molar-refractivity contribution in [3.05, 3.63) is 71.5 Å². The van der Waals surface area contributed by atoms with E-state index in [0.29, 0.717) is 27.7 Å². The van der Waals surface area contributed by atoms with Gasteiger partial charge < -0.3 is 5.32 Å². The Balaban J connectivity index is 1.43. The molecule has 0 spiro atoms. The van der Waals surface area contributed by atoms with E-state index in [1.807, 2.05) is 48.5 Å². The van der Waals surface area contributed by atoms with Crippen LogP contribution >= 0.6 is 11.5 Å². The zero-order valence-electron chi connectivity index (χ0n) is 15.7. The average Bonchev–Trinajstić information content (AvgIpc) is 3.40. The molecule has 4 heterocycles. The van der Waals surface area contributed by atoms with Crippen molar-refractivity contribution in [1.82, 2.24) is 34.4 Å². The summed E-state index contributed by atoms with van der Waals surface area (Å²) in [6.45, 7) is 1.76. The number of fused-ring (bicyclic) bond motifs is 1. The van der Waals surface area contributed by atoms with Crippen molar-refractivity contribution in [1.29, 1.82) is 0 Å². The quantitative estimate of drug-likeness (QED) is 0.480. The molecule has 0 saturated heterocycles. The molecular formula is C20H14N8OS. The van der Waals surface area contributed by atoms with Gasteiger partial charge in [-0.1, -0.05) is 16.6 Å².